The molecular weight excluding hydrogens is 665 g/mol. The van der Waals surface area contributed by atoms with Gasteiger partial charge in [0, 0.05) is 0 Å². The van der Waals surface area contributed by atoms with Gasteiger partial charge < -0.3 is 81.9 Å². The van der Waals surface area contributed by atoms with Crippen molar-refractivity contribution in [3.8, 4) is 0 Å². The Balaban J connectivity index is -0.00000000545. The molecule has 0 aliphatic carbocycles. The van der Waals surface area contributed by atoms with Crippen LogP contribution >= 0.6 is 0 Å². The number of hydrogen-bond acceptors (Lipinski definition) is 16. The molecule has 4 N–H and O–H groups in total. The van der Waals surface area contributed by atoms with Gasteiger partial charge in [0.15, 0.2) is 0 Å². The van der Waals surface area contributed by atoms with Gasteiger partial charge in [0.05, 0.1) is 0 Å². The summed E-state index contributed by atoms with van der Waals surface area (Å²) in [5, 5.41) is 66.7. The Kier molecular flexibility index (Phi) is 421. The van der Waals surface area contributed by atoms with Gasteiger partial charge in [-0.15, -0.1) is 0 Å². The Morgan fingerprint density at radius 1 is 0.346 bits per heavy atom. The van der Waals surface area contributed by atoms with Crippen LogP contribution in [0.3, 0.4) is 0 Å². The van der Waals surface area contributed by atoms with Crippen molar-refractivity contribution in [2.45, 2.75) is 0 Å². The van der Waals surface area contributed by atoms with Crippen molar-refractivity contribution in [3.63, 3.8) is 0 Å². The fraction of sp³-hybridized carbons (Fsp3) is 0. The Hall–Kier alpha value is 0.349. The van der Waals surface area contributed by atoms with Crippen LogP contribution in [0.15, 0.2) is 0 Å². The van der Waals surface area contributed by atoms with Crippen LogP contribution < -0.4 is 40.9 Å². The topological polar surface area (TPSA) is 373 Å². The molecule has 0 heterocycles. The number of hydrogen-bond donors (Lipinski definition) is 0. The van der Waals surface area contributed by atoms with Gasteiger partial charge in [-0.3, -0.25) is 0 Å². The normalized spacial score (nSPS) is 3.69. The standard InChI is InChI=1S/4CH2O3.3Mn.4H2O.3Zn/c4*2-1(3)4;;;;;;;;;;/h4*(H2,2,3,4);;;;4*1H2;;;/q;;;;3*+2;;;;;3*+2/p-12. The molecule has 0 amide bonds. The van der Waals surface area contributed by atoms with E-state index in [4.69, 9.17) is 60.0 Å². The molecule has 0 aromatic heterocycles. The van der Waals surface area contributed by atoms with Crippen LogP contribution in [0.1, 0.15) is 0 Å². The monoisotopic (exact) mass is 665 g/mol. The van der Waals surface area contributed by atoms with E-state index in [2.05, 4.69) is 0 Å². The molecule has 0 bridgehead atoms. The summed E-state index contributed by atoms with van der Waals surface area (Å²) < 4.78 is 0. The van der Waals surface area contributed by atoms with Crippen molar-refractivity contribution < 1.29 is 192 Å². The van der Waals surface area contributed by atoms with Gasteiger partial charge >= 0.3 is 110 Å². The second-order valence-electron chi connectivity index (χ2n) is 1.00. The Bertz CT molecular complexity index is 181. The minimum atomic E-state index is -2.33. The molecule has 0 atom stereocenters. The number of carbonyl (C=O) groups excluding carboxylic acids is 4. The number of rotatable bonds is 0. The zero-order chi connectivity index (χ0) is 14.3. The first-order valence-electron chi connectivity index (χ1n) is 2.45. The van der Waals surface area contributed by atoms with E-state index in [1.165, 1.54) is 0 Å². The molecule has 22 heteroatoms. The maximum Gasteiger partial charge on any atom is 2.00 e. The molecule has 0 rings (SSSR count). The summed E-state index contributed by atoms with van der Waals surface area (Å²) in [4.78, 5) is 33.3. The van der Waals surface area contributed by atoms with E-state index in [1.54, 1.807) is 0 Å². The second kappa shape index (κ2) is 98.6. The van der Waals surface area contributed by atoms with E-state index in [0.29, 0.717) is 0 Å². The zero-order valence-corrected chi connectivity index (χ0v) is 24.4. The van der Waals surface area contributed by atoms with E-state index in [9.17, 15) is 0 Å². The van der Waals surface area contributed by atoms with E-state index >= 15 is 0 Å². The van der Waals surface area contributed by atoms with Crippen molar-refractivity contribution >= 4 is 24.6 Å². The first-order chi connectivity index (χ1) is 6.93. The minimum Gasteiger partial charge on any atom is -0.870 e. The van der Waals surface area contributed by atoms with E-state index in [-0.39, 0.29) is 132 Å². The van der Waals surface area contributed by atoms with Gasteiger partial charge in [-0.05, 0) is 24.6 Å². The summed E-state index contributed by atoms with van der Waals surface area (Å²) >= 11 is 0. The molecule has 0 aliphatic heterocycles. The average molecular weight is 669 g/mol. The first-order valence-corrected chi connectivity index (χ1v) is 2.45. The molecule has 0 aromatic rings. The first kappa shape index (κ1) is 111. The van der Waals surface area contributed by atoms with Crippen LogP contribution in [0, 0.1) is 0 Å². The zero-order valence-electron chi connectivity index (χ0n) is 11.9. The van der Waals surface area contributed by atoms with Crippen molar-refractivity contribution in [1.29, 1.82) is 0 Å². The molecule has 143 valence electrons. The average Bonchev–Trinajstić information content (AvgIpc) is 1.76. The smallest absolute Gasteiger partial charge is 0.870 e. The molecular formula is C4H4Mn3O16Zn3. The van der Waals surface area contributed by atoms with Crippen molar-refractivity contribution in [2.75, 3.05) is 0 Å². The summed E-state index contributed by atoms with van der Waals surface area (Å²) in [6.45, 7) is 0. The number of carbonyl (C=O) groups is 4. The van der Waals surface area contributed by atoms with Crippen molar-refractivity contribution in [2.24, 2.45) is 0 Å². The molecule has 26 heavy (non-hydrogen) atoms. The van der Waals surface area contributed by atoms with Crippen LogP contribution in [0.25, 0.3) is 0 Å². The van der Waals surface area contributed by atoms with Gasteiger partial charge in [-0.2, -0.15) is 0 Å². The fourth-order valence-corrected chi connectivity index (χ4v) is 0. The van der Waals surface area contributed by atoms with E-state index < -0.39 is 24.6 Å². The third-order valence-corrected chi connectivity index (χ3v) is 0. The third-order valence-electron chi connectivity index (χ3n) is 0. The van der Waals surface area contributed by atoms with Gasteiger partial charge in [0.1, 0.15) is 0 Å². The number of carboxylic acid groups (broad SMARTS) is 8. The predicted molar refractivity (Wildman–Crippen MR) is 29.3 cm³/mol. The second-order valence-corrected chi connectivity index (χ2v) is 1.00. The van der Waals surface area contributed by atoms with Crippen LogP contribution in [0.5, 0.6) is 0 Å². The van der Waals surface area contributed by atoms with Crippen LogP contribution in [-0.4, -0.2) is 46.5 Å². The summed E-state index contributed by atoms with van der Waals surface area (Å²) in [6, 6.07) is 0. The Labute approximate surface area is 214 Å². The molecule has 0 unspecified atom stereocenters. The maximum absolute atomic E-state index is 8.33. The largest absolute Gasteiger partial charge is 2.00 e. The molecule has 0 saturated carbocycles. The van der Waals surface area contributed by atoms with Crippen molar-refractivity contribution in [3.05, 3.63) is 0 Å². The molecule has 0 aromatic carbocycles. The third kappa shape index (κ3) is 109000. The van der Waals surface area contributed by atoms with Gasteiger partial charge in [-0.25, -0.2) is 0 Å². The maximum atomic E-state index is 8.33. The summed E-state index contributed by atoms with van der Waals surface area (Å²) in [5.41, 5.74) is 0. The quantitative estimate of drug-likeness (QED) is 0.216. The van der Waals surface area contributed by atoms with Crippen LogP contribution in [0.2, 0.25) is 0 Å². The Morgan fingerprint density at radius 2 is 0.346 bits per heavy atom. The summed E-state index contributed by atoms with van der Waals surface area (Å²) in [5.74, 6) is 0. The van der Waals surface area contributed by atoms with Crippen LogP contribution in [0.4, 0.5) is 19.2 Å². The fourth-order valence-electron chi connectivity index (χ4n) is 0. The predicted octanol–water partition coefficient (Wildman–Crippen LogP) is -10.5. The van der Waals surface area contributed by atoms with E-state index in [0.717, 1.165) is 0 Å². The van der Waals surface area contributed by atoms with E-state index in [1.807, 2.05) is 0 Å². The molecule has 0 spiro atoms. The minimum absolute atomic E-state index is 0. The van der Waals surface area contributed by atoms with Gasteiger partial charge in [-0.1, -0.05) is 0 Å². The molecule has 3 radical (unpaired) electrons. The molecule has 16 nitrogen and oxygen atoms in total. The van der Waals surface area contributed by atoms with Gasteiger partial charge in [0.25, 0.3) is 0 Å². The molecule has 0 fully saturated rings. The Morgan fingerprint density at radius 3 is 0.346 bits per heavy atom. The summed E-state index contributed by atoms with van der Waals surface area (Å²) in [7, 11) is 0. The molecule has 0 saturated heterocycles. The summed E-state index contributed by atoms with van der Waals surface area (Å²) in [6.07, 6.45) is -9.33. The van der Waals surface area contributed by atoms with Crippen LogP contribution in [-0.2, 0) is 110 Å². The van der Waals surface area contributed by atoms with Gasteiger partial charge in [0.2, 0.25) is 0 Å². The SMILES string of the molecule is O=C([O-])[O-].O=C([O-])[O-].O=C([O-])[O-].O=C([O-])[O-].[Mn+2].[Mn+2].[Mn+2].[OH-].[OH-].[OH-].[OH-].[Zn+2].[Zn+2].[Zn+2]. The van der Waals surface area contributed by atoms with Crippen molar-refractivity contribution in [1.82, 2.24) is 0 Å². The molecule has 0 aliphatic rings.